The highest BCUT2D eigenvalue weighted by atomic mass is 16.5. The summed E-state index contributed by atoms with van der Waals surface area (Å²) in [6.07, 6.45) is 4.84. The molecule has 1 saturated heterocycles. The van der Waals surface area contributed by atoms with Crippen molar-refractivity contribution in [3.63, 3.8) is 0 Å². The molecule has 0 aliphatic carbocycles. The number of likely N-dealkylation sites (tertiary alicyclic amines) is 1. The Hall–Kier alpha value is -1.26. The van der Waals surface area contributed by atoms with Crippen LogP contribution in [0.1, 0.15) is 37.3 Å². The van der Waals surface area contributed by atoms with Gasteiger partial charge in [0, 0.05) is 19.0 Å². The van der Waals surface area contributed by atoms with Crippen LogP contribution in [0.4, 0.5) is 0 Å². The molecular weight excluding hydrogens is 252 g/mol. The number of piperidine rings is 1. The quantitative estimate of drug-likeness (QED) is 0.920. The Kier molecular flexibility index (Phi) is 4.43. The second kappa shape index (κ2) is 6.46. The largest absolute Gasteiger partial charge is 0.490 e. The van der Waals surface area contributed by atoms with Crippen molar-refractivity contribution in [1.29, 1.82) is 0 Å². The van der Waals surface area contributed by atoms with E-state index in [-0.39, 0.29) is 0 Å². The van der Waals surface area contributed by atoms with Gasteiger partial charge in [-0.3, -0.25) is 4.90 Å². The zero-order chi connectivity index (χ0) is 13.8. The molecule has 0 spiro atoms. The van der Waals surface area contributed by atoms with Crippen molar-refractivity contribution >= 4 is 0 Å². The number of ether oxygens (including phenoxy) is 2. The van der Waals surface area contributed by atoms with Gasteiger partial charge in [-0.1, -0.05) is 12.5 Å². The minimum Gasteiger partial charge on any atom is -0.490 e. The first-order valence-electron chi connectivity index (χ1n) is 7.72. The molecule has 2 N–H and O–H groups in total. The fraction of sp³-hybridized carbons (Fsp3) is 0.625. The van der Waals surface area contributed by atoms with E-state index in [0.29, 0.717) is 12.6 Å². The highest BCUT2D eigenvalue weighted by Crippen LogP contribution is 2.34. The average molecular weight is 276 g/mol. The van der Waals surface area contributed by atoms with Gasteiger partial charge in [-0.15, -0.1) is 0 Å². The van der Waals surface area contributed by atoms with E-state index in [0.717, 1.165) is 44.2 Å². The maximum Gasteiger partial charge on any atom is 0.161 e. The van der Waals surface area contributed by atoms with Crippen molar-refractivity contribution in [2.75, 3.05) is 32.8 Å². The van der Waals surface area contributed by atoms with Crippen LogP contribution in [-0.4, -0.2) is 37.7 Å². The van der Waals surface area contributed by atoms with Crippen LogP contribution in [0.5, 0.6) is 11.5 Å². The van der Waals surface area contributed by atoms with Crippen LogP contribution in [-0.2, 0) is 0 Å². The van der Waals surface area contributed by atoms with E-state index < -0.39 is 0 Å². The molecule has 0 amide bonds. The van der Waals surface area contributed by atoms with Gasteiger partial charge in [-0.2, -0.15) is 0 Å². The van der Waals surface area contributed by atoms with Gasteiger partial charge in [0.1, 0.15) is 0 Å². The van der Waals surface area contributed by atoms with Gasteiger partial charge in [0.2, 0.25) is 0 Å². The Morgan fingerprint density at radius 3 is 2.50 bits per heavy atom. The third-order valence-electron chi connectivity index (χ3n) is 4.21. The molecule has 4 heteroatoms. The fourth-order valence-electron chi connectivity index (χ4n) is 3.11. The molecule has 2 heterocycles. The fourth-order valence-corrected chi connectivity index (χ4v) is 3.11. The lowest BCUT2D eigenvalue weighted by Gasteiger charge is -2.34. The molecule has 0 bridgehead atoms. The molecule has 110 valence electrons. The predicted molar refractivity (Wildman–Crippen MR) is 79.3 cm³/mol. The summed E-state index contributed by atoms with van der Waals surface area (Å²) in [5.41, 5.74) is 7.28. The van der Waals surface area contributed by atoms with Gasteiger partial charge in [-0.05, 0) is 43.6 Å². The third-order valence-corrected chi connectivity index (χ3v) is 4.21. The highest BCUT2D eigenvalue weighted by Gasteiger charge is 2.22. The molecule has 1 aromatic carbocycles. The van der Waals surface area contributed by atoms with Crippen LogP contribution < -0.4 is 15.2 Å². The van der Waals surface area contributed by atoms with Gasteiger partial charge in [0.15, 0.2) is 11.5 Å². The van der Waals surface area contributed by atoms with E-state index in [1.807, 2.05) is 6.07 Å². The molecule has 2 aliphatic heterocycles. The van der Waals surface area contributed by atoms with Gasteiger partial charge >= 0.3 is 0 Å². The predicted octanol–water partition coefficient (Wildman–Crippen LogP) is 2.33. The van der Waals surface area contributed by atoms with Crippen LogP contribution in [0.15, 0.2) is 18.2 Å². The second-order valence-corrected chi connectivity index (χ2v) is 5.60. The molecular formula is C16H24N2O2. The van der Waals surface area contributed by atoms with Crippen LogP contribution in [0.2, 0.25) is 0 Å². The monoisotopic (exact) mass is 276 g/mol. The summed E-state index contributed by atoms with van der Waals surface area (Å²) in [6.45, 7) is 4.42. The maximum atomic E-state index is 6.03. The summed E-state index contributed by atoms with van der Waals surface area (Å²) < 4.78 is 11.5. The molecule has 20 heavy (non-hydrogen) atoms. The van der Waals surface area contributed by atoms with Crippen LogP contribution >= 0.6 is 0 Å². The number of nitrogens with two attached hydrogens (primary N) is 1. The SMILES string of the molecule is NCC(c1ccc2c(c1)OCCCO2)N1CCCCC1. The Bertz CT molecular complexity index is 444. The van der Waals surface area contributed by atoms with Gasteiger partial charge < -0.3 is 15.2 Å². The lowest BCUT2D eigenvalue weighted by molar-refractivity contribution is 0.167. The molecule has 1 fully saturated rings. The number of fused-ring (bicyclic) bond motifs is 1. The summed E-state index contributed by atoms with van der Waals surface area (Å²) in [7, 11) is 0. The summed E-state index contributed by atoms with van der Waals surface area (Å²) in [5, 5.41) is 0. The van der Waals surface area contributed by atoms with E-state index in [1.165, 1.54) is 24.8 Å². The van der Waals surface area contributed by atoms with E-state index >= 15 is 0 Å². The third kappa shape index (κ3) is 2.91. The van der Waals surface area contributed by atoms with Crippen molar-refractivity contribution in [3.05, 3.63) is 23.8 Å². The van der Waals surface area contributed by atoms with E-state index in [4.69, 9.17) is 15.2 Å². The van der Waals surface area contributed by atoms with E-state index in [1.54, 1.807) is 0 Å². The molecule has 0 saturated carbocycles. The summed E-state index contributed by atoms with van der Waals surface area (Å²) in [6, 6.07) is 6.59. The first kappa shape index (κ1) is 13.7. The van der Waals surface area contributed by atoms with E-state index in [9.17, 15) is 0 Å². The Labute approximate surface area is 120 Å². The number of hydrogen-bond donors (Lipinski definition) is 1. The minimum atomic E-state index is 0.299. The zero-order valence-electron chi connectivity index (χ0n) is 12.0. The average Bonchev–Trinajstić information content (AvgIpc) is 2.74. The number of benzene rings is 1. The Morgan fingerprint density at radius 2 is 1.75 bits per heavy atom. The molecule has 2 aliphatic rings. The number of rotatable bonds is 3. The zero-order valence-corrected chi connectivity index (χ0v) is 12.0. The first-order valence-corrected chi connectivity index (χ1v) is 7.72. The number of nitrogens with zero attached hydrogens (tertiary/aromatic N) is 1. The molecule has 4 nitrogen and oxygen atoms in total. The summed E-state index contributed by atoms with van der Waals surface area (Å²) >= 11 is 0. The van der Waals surface area contributed by atoms with Crippen LogP contribution in [0, 0.1) is 0 Å². The first-order chi connectivity index (χ1) is 9.88. The molecule has 1 unspecified atom stereocenters. The second-order valence-electron chi connectivity index (χ2n) is 5.60. The van der Waals surface area contributed by atoms with Crippen molar-refractivity contribution in [3.8, 4) is 11.5 Å². The Balaban J connectivity index is 1.82. The highest BCUT2D eigenvalue weighted by molar-refractivity contribution is 5.44. The van der Waals surface area contributed by atoms with Crippen molar-refractivity contribution in [1.82, 2.24) is 4.90 Å². The molecule has 0 aromatic heterocycles. The maximum absolute atomic E-state index is 6.03. The lowest BCUT2D eigenvalue weighted by Crippen LogP contribution is -2.37. The molecule has 1 atom stereocenters. The summed E-state index contributed by atoms with van der Waals surface area (Å²) in [5.74, 6) is 1.73. The topological polar surface area (TPSA) is 47.7 Å². The summed E-state index contributed by atoms with van der Waals surface area (Å²) in [4.78, 5) is 2.50. The Morgan fingerprint density at radius 1 is 1.00 bits per heavy atom. The van der Waals surface area contributed by atoms with Gasteiger partial charge in [0.05, 0.1) is 13.2 Å². The molecule has 0 radical (unpaired) electrons. The van der Waals surface area contributed by atoms with Gasteiger partial charge in [0.25, 0.3) is 0 Å². The van der Waals surface area contributed by atoms with Crippen LogP contribution in [0.3, 0.4) is 0 Å². The van der Waals surface area contributed by atoms with E-state index in [2.05, 4.69) is 17.0 Å². The van der Waals surface area contributed by atoms with Crippen LogP contribution in [0.25, 0.3) is 0 Å². The van der Waals surface area contributed by atoms with Crippen molar-refractivity contribution < 1.29 is 9.47 Å². The minimum absolute atomic E-state index is 0.299. The van der Waals surface area contributed by atoms with Gasteiger partial charge in [-0.25, -0.2) is 0 Å². The standard InChI is InChI=1S/C16H24N2O2/c17-12-14(18-7-2-1-3-8-18)13-5-6-15-16(11-13)20-10-4-9-19-15/h5-6,11,14H,1-4,7-10,12,17H2. The molecule has 1 aromatic rings. The lowest BCUT2D eigenvalue weighted by atomic mass is 10.0. The smallest absolute Gasteiger partial charge is 0.161 e. The normalized spacial score (nSPS) is 21.2. The molecule has 3 rings (SSSR count). The van der Waals surface area contributed by atoms with Crippen molar-refractivity contribution in [2.24, 2.45) is 5.73 Å². The number of hydrogen-bond acceptors (Lipinski definition) is 4. The van der Waals surface area contributed by atoms with Crippen molar-refractivity contribution in [2.45, 2.75) is 31.7 Å².